The number of nitrogens with zero attached hydrogens (tertiary/aromatic N) is 1. The number of rotatable bonds is 3. The van der Waals surface area contributed by atoms with E-state index in [0.717, 1.165) is 23.7 Å². The van der Waals surface area contributed by atoms with Crippen LogP contribution in [0.25, 0.3) is 0 Å². The van der Waals surface area contributed by atoms with Gasteiger partial charge < -0.3 is 5.73 Å². The zero-order valence-electron chi connectivity index (χ0n) is 10.7. The highest BCUT2D eigenvalue weighted by molar-refractivity contribution is 9.10. The maximum absolute atomic E-state index is 6.41. The molecular formula is C16H17BrN2. The third kappa shape index (κ3) is 2.72. The van der Waals surface area contributed by atoms with Crippen LogP contribution in [0.5, 0.6) is 0 Å². The van der Waals surface area contributed by atoms with E-state index >= 15 is 0 Å². The standard InChI is InChI=1S/C16H17BrN2/c17-13-6-3-11(4-7-13)10-15(18)14-8-5-12-2-1-9-19-16(12)14/h1-4,6-7,9,14-15H,5,8,10,18H2. The second-order valence-corrected chi connectivity index (χ2v) is 6.10. The van der Waals surface area contributed by atoms with E-state index in [1.54, 1.807) is 0 Å². The molecule has 0 bridgehead atoms. The fourth-order valence-corrected chi connectivity index (χ4v) is 3.16. The van der Waals surface area contributed by atoms with Crippen LogP contribution in [0.1, 0.15) is 29.2 Å². The van der Waals surface area contributed by atoms with Crippen LogP contribution in [0.2, 0.25) is 0 Å². The van der Waals surface area contributed by atoms with Crippen LogP contribution in [-0.2, 0) is 12.8 Å². The minimum atomic E-state index is 0.150. The van der Waals surface area contributed by atoms with E-state index < -0.39 is 0 Å². The molecular weight excluding hydrogens is 300 g/mol. The Hall–Kier alpha value is -1.19. The Labute approximate surface area is 122 Å². The lowest BCUT2D eigenvalue weighted by atomic mass is 9.92. The summed E-state index contributed by atoms with van der Waals surface area (Å²) >= 11 is 3.46. The first-order valence-electron chi connectivity index (χ1n) is 6.68. The molecule has 3 heteroatoms. The third-order valence-corrected chi connectivity index (χ3v) is 4.43. The van der Waals surface area contributed by atoms with Crippen molar-refractivity contribution in [2.24, 2.45) is 5.73 Å². The van der Waals surface area contributed by atoms with Gasteiger partial charge in [0.15, 0.2) is 0 Å². The van der Waals surface area contributed by atoms with Gasteiger partial charge in [0.05, 0.1) is 0 Å². The molecule has 1 aromatic heterocycles. The molecule has 19 heavy (non-hydrogen) atoms. The van der Waals surface area contributed by atoms with Crippen LogP contribution in [0.3, 0.4) is 0 Å². The average Bonchev–Trinajstić information content (AvgIpc) is 2.85. The Balaban J connectivity index is 1.75. The van der Waals surface area contributed by atoms with Crippen molar-refractivity contribution >= 4 is 15.9 Å². The highest BCUT2D eigenvalue weighted by atomic mass is 79.9. The summed E-state index contributed by atoms with van der Waals surface area (Å²) < 4.78 is 1.11. The molecule has 3 rings (SSSR count). The Morgan fingerprint density at radius 1 is 1.26 bits per heavy atom. The van der Waals surface area contributed by atoms with E-state index in [4.69, 9.17) is 5.73 Å². The number of benzene rings is 1. The molecule has 2 aromatic rings. The van der Waals surface area contributed by atoms with Crippen molar-refractivity contribution in [3.8, 4) is 0 Å². The van der Waals surface area contributed by atoms with E-state index in [1.807, 2.05) is 12.3 Å². The molecule has 0 saturated carbocycles. The molecule has 0 radical (unpaired) electrons. The largest absolute Gasteiger partial charge is 0.327 e. The molecule has 0 amide bonds. The molecule has 2 atom stereocenters. The summed E-state index contributed by atoms with van der Waals surface area (Å²) in [5.41, 5.74) is 10.3. The zero-order valence-corrected chi connectivity index (χ0v) is 12.3. The van der Waals surface area contributed by atoms with Crippen LogP contribution >= 0.6 is 15.9 Å². The molecule has 1 heterocycles. The van der Waals surface area contributed by atoms with Crippen LogP contribution < -0.4 is 5.73 Å². The number of fused-ring (bicyclic) bond motifs is 1. The van der Waals surface area contributed by atoms with Gasteiger partial charge in [-0.2, -0.15) is 0 Å². The second-order valence-electron chi connectivity index (χ2n) is 5.19. The Morgan fingerprint density at radius 2 is 2.05 bits per heavy atom. The van der Waals surface area contributed by atoms with E-state index in [-0.39, 0.29) is 6.04 Å². The molecule has 2 unspecified atom stereocenters. The first kappa shape index (κ1) is 12.8. The van der Waals surface area contributed by atoms with Gasteiger partial charge in [-0.15, -0.1) is 0 Å². The Bertz CT molecular complexity index is 565. The molecule has 0 fully saturated rings. The smallest absolute Gasteiger partial charge is 0.0482 e. The molecule has 2 N–H and O–H groups in total. The number of hydrogen-bond donors (Lipinski definition) is 1. The van der Waals surface area contributed by atoms with Crippen LogP contribution in [-0.4, -0.2) is 11.0 Å². The van der Waals surface area contributed by atoms with Crippen LogP contribution in [0.4, 0.5) is 0 Å². The van der Waals surface area contributed by atoms with Crippen molar-refractivity contribution in [3.05, 3.63) is 63.9 Å². The minimum absolute atomic E-state index is 0.150. The number of halogens is 1. The van der Waals surface area contributed by atoms with Crippen molar-refractivity contribution in [2.45, 2.75) is 31.2 Å². The molecule has 0 spiro atoms. The molecule has 1 aliphatic carbocycles. The molecule has 0 saturated heterocycles. The van der Waals surface area contributed by atoms with E-state index in [0.29, 0.717) is 5.92 Å². The summed E-state index contributed by atoms with van der Waals surface area (Å²) in [5, 5.41) is 0. The lowest BCUT2D eigenvalue weighted by molar-refractivity contribution is 0.517. The van der Waals surface area contributed by atoms with Crippen molar-refractivity contribution < 1.29 is 0 Å². The number of nitrogens with two attached hydrogens (primary N) is 1. The van der Waals surface area contributed by atoms with Crippen LogP contribution in [0, 0.1) is 0 Å². The van der Waals surface area contributed by atoms with Gasteiger partial charge in [-0.1, -0.05) is 34.1 Å². The lowest BCUT2D eigenvalue weighted by Crippen LogP contribution is -2.30. The minimum Gasteiger partial charge on any atom is -0.327 e. The third-order valence-electron chi connectivity index (χ3n) is 3.90. The van der Waals surface area contributed by atoms with Gasteiger partial charge in [-0.05, 0) is 48.6 Å². The molecule has 1 aromatic carbocycles. The summed E-state index contributed by atoms with van der Waals surface area (Å²) in [7, 11) is 0. The number of aromatic nitrogens is 1. The zero-order chi connectivity index (χ0) is 13.2. The number of hydrogen-bond acceptors (Lipinski definition) is 2. The van der Waals surface area contributed by atoms with Crippen LogP contribution in [0.15, 0.2) is 47.1 Å². The molecule has 1 aliphatic rings. The van der Waals surface area contributed by atoms with E-state index in [2.05, 4.69) is 51.2 Å². The normalized spacial score (nSPS) is 19.2. The van der Waals surface area contributed by atoms with Crippen molar-refractivity contribution in [3.63, 3.8) is 0 Å². The summed E-state index contributed by atoms with van der Waals surface area (Å²) in [4.78, 5) is 4.53. The second kappa shape index (κ2) is 5.43. The van der Waals surface area contributed by atoms with Crippen molar-refractivity contribution in [2.75, 3.05) is 0 Å². The predicted octanol–water partition coefficient (Wildman–Crippen LogP) is 3.44. The molecule has 0 aliphatic heterocycles. The number of aryl methyl sites for hydroxylation is 1. The fourth-order valence-electron chi connectivity index (χ4n) is 2.90. The fraction of sp³-hybridized carbons (Fsp3) is 0.312. The monoisotopic (exact) mass is 316 g/mol. The quantitative estimate of drug-likeness (QED) is 0.942. The van der Waals surface area contributed by atoms with Crippen molar-refractivity contribution in [1.29, 1.82) is 0 Å². The maximum atomic E-state index is 6.41. The van der Waals surface area contributed by atoms with Crippen molar-refractivity contribution in [1.82, 2.24) is 4.98 Å². The van der Waals surface area contributed by atoms with Gasteiger partial charge in [-0.25, -0.2) is 0 Å². The Morgan fingerprint density at radius 3 is 2.84 bits per heavy atom. The van der Waals surface area contributed by atoms with Gasteiger partial charge in [0.1, 0.15) is 0 Å². The highest BCUT2D eigenvalue weighted by Gasteiger charge is 2.28. The van der Waals surface area contributed by atoms with Gasteiger partial charge in [-0.3, -0.25) is 4.98 Å². The SMILES string of the molecule is NC(Cc1ccc(Br)cc1)C1CCc2cccnc21. The summed E-state index contributed by atoms with van der Waals surface area (Å²) in [6, 6.07) is 12.8. The van der Waals surface area contributed by atoms with E-state index in [1.165, 1.54) is 16.8 Å². The molecule has 2 nitrogen and oxygen atoms in total. The topological polar surface area (TPSA) is 38.9 Å². The van der Waals surface area contributed by atoms with Gasteiger partial charge in [0.2, 0.25) is 0 Å². The van der Waals surface area contributed by atoms with Gasteiger partial charge in [0.25, 0.3) is 0 Å². The average molecular weight is 317 g/mol. The Kier molecular flexibility index (Phi) is 3.67. The predicted molar refractivity (Wildman–Crippen MR) is 81.1 cm³/mol. The first-order valence-corrected chi connectivity index (χ1v) is 7.47. The van der Waals surface area contributed by atoms with E-state index in [9.17, 15) is 0 Å². The maximum Gasteiger partial charge on any atom is 0.0482 e. The first-order chi connectivity index (χ1) is 9.24. The number of pyridine rings is 1. The highest BCUT2D eigenvalue weighted by Crippen LogP contribution is 2.34. The molecule has 98 valence electrons. The lowest BCUT2D eigenvalue weighted by Gasteiger charge is -2.19. The van der Waals surface area contributed by atoms with Gasteiger partial charge >= 0.3 is 0 Å². The van der Waals surface area contributed by atoms with Gasteiger partial charge in [0, 0.05) is 28.3 Å². The summed E-state index contributed by atoms with van der Waals surface area (Å²) in [6.45, 7) is 0. The summed E-state index contributed by atoms with van der Waals surface area (Å²) in [5.74, 6) is 0.403. The summed E-state index contributed by atoms with van der Waals surface area (Å²) in [6.07, 6.45) is 5.03.